The summed E-state index contributed by atoms with van der Waals surface area (Å²) in [7, 11) is 0. The highest BCUT2D eigenvalue weighted by Crippen LogP contribution is 2.32. The fraction of sp³-hybridized carbons (Fsp3) is 0.143. The lowest BCUT2D eigenvalue weighted by molar-refractivity contribution is 0.0954. The standard InChI is InChI=1S/C21H18N2O4S/c1-2-14-3-5-15(6-4-14)11-23-12-19(28-21(23)25)20(24)22-10-16-7-8-17-18(9-16)27-13-26-17/h2-9,12H,1,10-11,13H2,(H,22,24). The van der Waals surface area contributed by atoms with Crippen LogP contribution < -0.4 is 19.7 Å². The van der Waals surface area contributed by atoms with Crippen LogP contribution in [0.3, 0.4) is 0 Å². The number of hydrogen-bond acceptors (Lipinski definition) is 5. The summed E-state index contributed by atoms with van der Waals surface area (Å²) in [4.78, 5) is 24.9. The van der Waals surface area contributed by atoms with E-state index in [0.717, 1.165) is 28.0 Å². The normalized spacial score (nSPS) is 12.0. The number of rotatable bonds is 6. The zero-order valence-electron chi connectivity index (χ0n) is 15.0. The van der Waals surface area contributed by atoms with Crippen LogP contribution in [0.1, 0.15) is 26.4 Å². The average molecular weight is 394 g/mol. The molecule has 0 aliphatic carbocycles. The number of aromatic nitrogens is 1. The molecule has 7 heteroatoms. The molecule has 1 amide bonds. The summed E-state index contributed by atoms with van der Waals surface area (Å²) in [5, 5.41) is 2.84. The lowest BCUT2D eigenvalue weighted by atomic mass is 10.1. The Morgan fingerprint density at radius 1 is 1.14 bits per heavy atom. The van der Waals surface area contributed by atoms with Crippen molar-refractivity contribution in [2.45, 2.75) is 13.1 Å². The molecule has 0 saturated carbocycles. The third kappa shape index (κ3) is 3.84. The first-order valence-corrected chi connectivity index (χ1v) is 9.52. The van der Waals surface area contributed by atoms with Crippen LogP contribution in [-0.4, -0.2) is 17.3 Å². The van der Waals surface area contributed by atoms with E-state index in [-0.39, 0.29) is 17.6 Å². The molecular weight excluding hydrogens is 376 g/mol. The van der Waals surface area contributed by atoms with Crippen LogP contribution in [0.2, 0.25) is 0 Å². The van der Waals surface area contributed by atoms with Gasteiger partial charge in [-0.2, -0.15) is 0 Å². The van der Waals surface area contributed by atoms with Crippen LogP contribution in [-0.2, 0) is 13.1 Å². The number of carbonyl (C=O) groups excluding carboxylic acids is 1. The lowest BCUT2D eigenvalue weighted by Gasteiger charge is -2.05. The van der Waals surface area contributed by atoms with Gasteiger partial charge >= 0.3 is 4.87 Å². The van der Waals surface area contributed by atoms with Crippen molar-refractivity contribution < 1.29 is 14.3 Å². The highest BCUT2D eigenvalue weighted by molar-refractivity contribution is 7.11. The Labute approximate surface area is 165 Å². The molecule has 0 radical (unpaired) electrons. The predicted octanol–water partition coefficient (Wildman–Crippen LogP) is 3.26. The Hall–Kier alpha value is -3.32. The second kappa shape index (κ2) is 7.74. The van der Waals surface area contributed by atoms with Crippen molar-refractivity contribution in [3.63, 3.8) is 0 Å². The van der Waals surface area contributed by atoms with Crippen LogP contribution in [0, 0.1) is 0 Å². The third-order valence-corrected chi connectivity index (χ3v) is 5.31. The van der Waals surface area contributed by atoms with Crippen molar-refractivity contribution >= 4 is 23.3 Å². The van der Waals surface area contributed by atoms with Gasteiger partial charge in [-0.3, -0.25) is 9.59 Å². The van der Waals surface area contributed by atoms with Crippen molar-refractivity contribution in [2.24, 2.45) is 0 Å². The Morgan fingerprint density at radius 3 is 2.68 bits per heavy atom. The molecule has 0 fully saturated rings. The van der Waals surface area contributed by atoms with Gasteiger partial charge in [-0.25, -0.2) is 0 Å². The van der Waals surface area contributed by atoms with Gasteiger partial charge < -0.3 is 19.4 Å². The summed E-state index contributed by atoms with van der Waals surface area (Å²) < 4.78 is 12.2. The molecule has 0 atom stereocenters. The van der Waals surface area contributed by atoms with Gasteiger partial charge in [0.15, 0.2) is 11.5 Å². The van der Waals surface area contributed by atoms with Crippen LogP contribution in [0.15, 0.2) is 60.0 Å². The van der Waals surface area contributed by atoms with Gasteiger partial charge in [0.05, 0.1) is 6.54 Å². The SMILES string of the molecule is C=Cc1ccc(Cn2cc(C(=O)NCc3ccc4c(c3)OCO4)sc2=O)cc1. The molecule has 2 heterocycles. The Kier molecular flexibility index (Phi) is 4.99. The average Bonchev–Trinajstić information content (AvgIpc) is 3.33. The van der Waals surface area contributed by atoms with Crippen LogP contribution in [0.25, 0.3) is 6.08 Å². The van der Waals surface area contributed by atoms with Gasteiger partial charge in [-0.1, -0.05) is 54.3 Å². The van der Waals surface area contributed by atoms with Gasteiger partial charge in [0.25, 0.3) is 5.91 Å². The summed E-state index contributed by atoms with van der Waals surface area (Å²) in [6.07, 6.45) is 3.37. The van der Waals surface area contributed by atoms with Crippen LogP contribution in [0.4, 0.5) is 0 Å². The molecular formula is C21H18N2O4S. The minimum Gasteiger partial charge on any atom is -0.454 e. The van der Waals surface area contributed by atoms with E-state index < -0.39 is 0 Å². The molecule has 3 aromatic rings. The summed E-state index contributed by atoms with van der Waals surface area (Å²) >= 11 is 0.939. The Balaban J connectivity index is 1.41. The summed E-state index contributed by atoms with van der Waals surface area (Å²) in [6.45, 7) is 4.69. The molecule has 6 nitrogen and oxygen atoms in total. The van der Waals surface area contributed by atoms with Crippen molar-refractivity contribution in [2.75, 3.05) is 6.79 Å². The van der Waals surface area contributed by atoms with E-state index in [4.69, 9.17) is 9.47 Å². The topological polar surface area (TPSA) is 69.6 Å². The maximum absolute atomic E-state index is 12.4. The van der Waals surface area contributed by atoms with Gasteiger partial charge in [0, 0.05) is 12.7 Å². The zero-order valence-corrected chi connectivity index (χ0v) is 15.8. The number of nitrogens with one attached hydrogen (secondary N) is 1. The highest BCUT2D eigenvalue weighted by atomic mass is 32.1. The molecule has 0 bridgehead atoms. The molecule has 1 N–H and O–H groups in total. The molecule has 0 unspecified atom stereocenters. The summed E-state index contributed by atoms with van der Waals surface area (Å²) in [5.41, 5.74) is 2.90. The summed E-state index contributed by atoms with van der Waals surface area (Å²) in [5.74, 6) is 1.09. The molecule has 1 aliphatic heterocycles. The molecule has 1 aliphatic rings. The largest absolute Gasteiger partial charge is 0.454 e. The summed E-state index contributed by atoms with van der Waals surface area (Å²) in [6, 6.07) is 13.3. The molecule has 4 rings (SSSR count). The number of hydrogen-bond donors (Lipinski definition) is 1. The van der Waals surface area contributed by atoms with Gasteiger partial charge in [0.1, 0.15) is 4.88 Å². The Morgan fingerprint density at radius 2 is 1.89 bits per heavy atom. The fourth-order valence-electron chi connectivity index (χ4n) is 2.86. The number of amides is 1. The first-order valence-electron chi connectivity index (χ1n) is 8.71. The Bertz CT molecular complexity index is 1080. The minimum atomic E-state index is -0.277. The number of carbonyl (C=O) groups is 1. The van der Waals surface area contributed by atoms with Crippen molar-refractivity contribution in [1.82, 2.24) is 9.88 Å². The van der Waals surface area contributed by atoms with E-state index in [9.17, 15) is 9.59 Å². The smallest absolute Gasteiger partial charge is 0.308 e. The number of fused-ring (bicyclic) bond motifs is 1. The van der Waals surface area contributed by atoms with E-state index in [1.54, 1.807) is 16.8 Å². The first kappa shape index (κ1) is 18.1. The third-order valence-electron chi connectivity index (χ3n) is 4.39. The number of nitrogens with zero attached hydrogens (tertiary/aromatic N) is 1. The fourth-order valence-corrected chi connectivity index (χ4v) is 3.63. The monoisotopic (exact) mass is 394 g/mol. The van der Waals surface area contributed by atoms with Gasteiger partial charge in [0.2, 0.25) is 6.79 Å². The van der Waals surface area contributed by atoms with E-state index in [1.807, 2.05) is 42.5 Å². The molecule has 142 valence electrons. The number of thiazole rings is 1. The zero-order chi connectivity index (χ0) is 19.5. The van der Waals surface area contributed by atoms with E-state index in [1.165, 1.54) is 0 Å². The second-order valence-electron chi connectivity index (χ2n) is 6.31. The maximum atomic E-state index is 12.4. The second-order valence-corrected chi connectivity index (χ2v) is 7.30. The lowest BCUT2D eigenvalue weighted by Crippen LogP contribution is -2.21. The van der Waals surface area contributed by atoms with E-state index in [0.29, 0.717) is 29.5 Å². The quantitative estimate of drug-likeness (QED) is 0.697. The molecule has 1 aromatic heterocycles. The predicted molar refractivity (Wildman–Crippen MR) is 108 cm³/mol. The minimum absolute atomic E-state index is 0.166. The maximum Gasteiger partial charge on any atom is 0.308 e. The van der Waals surface area contributed by atoms with Crippen molar-refractivity contribution in [1.29, 1.82) is 0 Å². The van der Waals surface area contributed by atoms with Crippen molar-refractivity contribution in [3.05, 3.63) is 86.5 Å². The molecule has 0 saturated heterocycles. The molecule has 28 heavy (non-hydrogen) atoms. The van der Waals surface area contributed by atoms with Crippen molar-refractivity contribution in [3.8, 4) is 11.5 Å². The van der Waals surface area contributed by atoms with Crippen LogP contribution in [0.5, 0.6) is 11.5 Å². The van der Waals surface area contributed by atoms with Crippen LogP contribution >= 0.6 is 11.3 Å². The molecule has 2 aromatic carbocycles. The highest BCUT2D eigenvalue weighted by Gasteiger charge is 2.15. The first-order chi connectivity index (χ1) is 13.6. The van der Waals surface area contributed by atoms with E-state index >= 15 is 0 Å². The van der Waals surface area contributed by atoms with Gasteiger partial charge in [-0.05, 0) is 28.8 Å². The van der Waals surface area contributed by atoms with E-state index in [2.05, 4.69) is 11.9 Å². The molecule has 0 spiro atoms. The number of ether oxygens (including phenoxy) is 2. The number of benzene rings is 2. The van der Waals surface area contributed by atoms with Gasteiger partial charge in [-0.15, -0.1) is 0 Å².